The lowest BCUT2D eigenvalue weighted by molar-refractivity contribution is -0.141. The van der Waals surface area contributed by atoms with Gasteiger partial charge in [0.2, 0.25) is 0 Å². The number of carboxylic acid groups (broad SMARTS) is 1. The first kappa shape index (κ1) is 15.0. The van der Waals surface area contributed by atoms with Gasteiger partial charge in [-0.25, -0.2) is 9.59 Å². The van der Waals surface area contributed by atoms with Crippen LogP contribution in [0.5, 0.6) is 0 Å². The lowest BCUT2D eigenvalue weighted by Crippen LogP contribution is -2.51. The third-order valence-electron chi connectivity index (χ3n) is 2.49. The number of aliphatic hydroxyl groups is 1. The van der Waals surface area contributed by atoms with Crippen LogP contribution in [0.3, 0.4) is 0 Å². The Kier molecular flexibility index (Phi) is 5.31. The monoisotopic (exact) mass is 270 g/mol. The van der Waals surface area contributed by atoms with Gasteiger partial charge in [0.05, 0.1) is 12.3 Å². The quantitative estimate of drug-likeness (QED) is 0.534. The number of carboxylic acids is 1. The smallest absolute Gasteiger partial charge is 0.328 e. The highest BCUT2D eigenvalue weighted by Gasteiger charge is 2.24. The maximum absolute atomic E-state index is 11.4. The van der Waals surface area contributed by atoms with E-state index in [0.29, 0.717) is 13.0 Å². The van der Waals surface area contributed by atoms with Crippen LogP contribution in [-0.4, -0.2) is 50.7 Å². The molecule has 4 N–H and O–H groups in total. The van der Waals surface area contributed by atoms with E-state index in [0.717, 1.165) is 5.56 Å². The molecule has 0 fully saturated rings. The van der Waals surface area contributed by atoms with Crippen LogP contribution in [0.25, 0.3) is 0 Å². The van der Waals surface area contributed by atoms with Gasteiger partial charge < -0.3 is 20.8 Å². The molecule has 2 atom stereocenters. The summed E-state index contributed by atoms with van der Waals surface area (Å²) >= 11 is 0. The van der Waals surface area contributed by atoms with Gasteiger partial charge in [-0.05, 0) is 18.9 Å². The number of carbonyl (C=O) groups is 2. The Bertz CT molecular complexity index is 444. The minimum absolute atomic E-state index is 0.351. The van der Waals surface area contributed by atoms with Crippen LogP contribution in [0, 0.1) is 0 Å². The summed E-state index contributed by atoms with van der Waals surface area (Å²) in [6.07, 6.45) is 2.94. The van der Waals surface area contributed by atoms with E-state index in [1.54, 1.807) is 17.9 Å². The summed E-state index contributed by atoms with van der Waals surface area (Å²) < 4.78 is 1.66. The first-order chi connectivity index (χ1) is 8.90. The molecule has 106 valence electrons. The fourth-order valence-corrected chi connectivity index (χ4v) is 1.50. The summed E-state index contributed by atoms with van der Waals surface area (Å²) in [4.78, 5) is 22.2. The minimum atomic E-state index is -1.32. The Labute approximate surface area is 110 Å². The lowest BCUT2D eigenvalue weighted by atomic mass is 10.2. The maximum atomic E-state index is 11.4. The van der Waals surface area contributed by atoms with E-state index in [2.05, 4.69) is 15.7 Å². The number of amides is 2. The predicted octanol–water partition coefficient (Wildman–Crippen LogP) is -0.904. The zero-order chi connectivity index (χ0) is 14.4. The second-order valence-electron chi connectivity index (χ2n) is 4.23. The molecule has 19 heavy (non-hydrogen) atoms. The van der Waals surface area contributed by atoms with E-state index in [1.165, 1.54) is 6.92 Å². The Morgan fingerprint density at radius 3 is 2.68 bits per heavy atom. The van der Waals surface area contributed by atoms with Gasteiger partial charge in [-0.15, -0.1) is 0 Å². The second kappa shape index (κ2) is 6.74. The first-order valence-electron chi connectivity index (χ1n) is 5.83. The molecule has 2 amide bonds. The number of hydrogen-bond acceptors (Lipinski definition) is 4. The molecule has 0 bridgehead atoms. The fraction of sp³-hybridized carbons (Fsp3) is 0.545. The third kappa shape index (κ3) is 4.96. The average Bonchev–Trinajstić information content (AvgIpc) is 2.71. The molecular weight excluding hydrogens is 252 g/mol. The van der Waals surface area contributed by atoms with Crippen molar-refractivity contribution in [1.82, 2.24) is 20.4 Å². The van der Waals surface area contributed by atoms with Gasteiger partial charge in [0.1, 0.15) is 0 Å². The Morgan fingerprint density at radius 1 is 1.53 bits per heavy atom. The van der Waals surface area contributed by atoms with Gasteiger partial charge in [-0.3, -0.25) is 4.68 Å². The zero-order valence-electron chi connectivity index (χ0n) is 10.8. The lowest BCUT2D eigenvalue weighted by Gasteiger charge is -2.17. The largest absolute Gasteiger partial charge is 0.480 e. The van der Waals surface area contributed by atoms with Gasteiger partial charge in [0.25, 0.3) is 0 Å². The molecule has 1 aromatic rings. The summed E-state index contributed by atoms with van der Waals surface area (Å²) in [5.41, 5.74) is 0.966. The SMILES string of the molecule is C[C@@H](O)[C@H](NC(=O)NCCc1cnn(C)c1)C(=O)O. The topological polar surface area (TPSA) is 116 Å². The van der Waals surface area contributed by atoms with Crippen molar-refractivity contribution in [1.29, 1.82) is 0 Å². The molecule has 0 radical (unpaired) electrons. The average molecular weight is 270 g/mol. The van der Waals surface area contributed by atoms with E-state index >= 15 is 0 Å². The van der Waals surface area contributed by atoms with Crippen LogP contribution in [0.15, 0.2) is 12.4 Å². The molecule has 0 aliphatic rings. The second-order valence-corrected chi connectivity index (χ2v) is 4.23. The van der Waals surface area contributed by atoms with Crippen molar-refractivity contribution in [3.05, 3.63) is 18.0 Å². The number of nitrogens with zero attached hydrogens (tertiary/aromatic N) is 2. The van der Waals surface area contributed by atoms with Crippen molar-refractivity contribution >= 4 is 12.0 Å². The number of carbonyl (C=O) groups excluding carboxylic acids is 1. The van der Waals surface area contributed by atoms with E-state index in [4.69, 9.17) is 5.11 Å². The number of hydrogen-bond donors (Lipinski definition) is 4. The molecule has 0 aromatic carbocycles. The number of aliphatic hydroxyl groups excluding tert-OH is 1. The number of aromatic nitrogens is 2. The van der Waals surface area contributed by atoms with Crippen molar-refractivity contribution < 1.29 is 19.8 Å². The van der Waals surface area contributed by atoms with Crippen molar-refractivity contribution in [2.24, 2.45) is 7.05 Å². The Hall–Kier alpha value is -2.09. The van der Waals surface area contributed by atoms with Crippen LogP contribution in [0.2, 0.25) is 0 Å². The van der Waals surface area contributed by atoms with Crippen molar-refractivity contribution in [2.75, 3.05) is 6.54 Å². The van der Waals surface area contributed by atoms with E-state index < -0.39 is 24.1 Å². The highest BCUT2D eigenvalue weighted by Crippen LogP contribution is 1.96. The van der Waals surface area contributed by atoms with E-state index in [1.807, 2.05) is 6.20 Å². The van der Waals surface area contributed by atoms with Crippen LogP contribution >= 0.6 is 0 Å². The number of rotatable bonds is 6. The van der Waals surface area contributed by atoms with Crippen molar-refractivity contribution in [3.63, 3.8) is 0 Å². The normalized spacial score (nSPS) is 13.6. The summed E-state index contributed by atoms with van der Waals surface area (Å²) in [6.45, 7) is 1.65. The van der Waals surface area contributed by atoms with Crippen LogP contribution < -0.4 is 10.6 Å². The number of nitrogens with one attached hydrogen (secondary N) is 2. The van der Waals surface area contributed by atoms with Crippen molar-refractivity contribution in [2.45, 2.75) is 25.5 Å². The van der Waals surface area contributed by atoms with E-state index in [9.17, 15) is 14.7 Å². The molecule has 0 aliphatic carbocycles. The van der Waals surface area contributed by atoms with E-state index in [-0.39, 0.29) is 0 Å². The van der Waals surface area contributed by atoms with Gasteiger partial charge in [-0.1, -0.05) is 0 Å². The van der Waals surface area contributed by atoms with Crippen LogP contribution in [-0.2, 0) is 18.3 Å². The van der Waals surface area contributed by atoms with Gasteiger partial charge >= 0.3 is 12.0 Å². The van der Waals surface area contributed by atoms with Gasteiger partial charge in [0, 0.05) is 19.8 Å². The predicted molar refractivity (Wildman–Crippen MR) is 66.6 cm³/mol. The number of urea groups is 1. The Morgan fingerprint density at radius 2 is 2.21 bits per heavy atom. The molecule has 0 saturated heterocycles. The summed E-state index contributed by atoms with van der Waals surface area (Å²) in [5.74, 6) is -1.28. The highest BCUT2D eigenvalue weighted by atomic mass is 16.4. The zero-order valence-corrected chi connectivity index (χ0v) is 10.8. The summed E-state index contributed by atoms with van der Waals surface area (Å²) in [7, 11) is 1.80. The maximum Gasteiger partial charge on any atom is 0.328 e. The number of aryl methyl sites for hydroxylation is 1. The molecule has 0 saturated carbocycles. The summed E-state index contributed by atoms with van der Waals surface area (Å²) in [5, 5.41) is 26.7. The summed E-state index contributed by atoms with van der Waals surface area (Å²) in [6, 6.07) is -1.95. The molecule has 0 spiro atoms. The molecule has 1 aromatic heterocycles. The van der Waals surface area contributed by atoms with Crippen LogP contribution in [0.1, 0.15) is 12.5 Å². The fourth-order valence-electron chi connectivity index (χ4n) is 1.50. The Balaban J connectivity index is 2.33. The molecule has 1 heterocycles. The number of aliphatic carboxylic acids is 1. The molecule has 0 unspecified atom stereocenters. The first-order valence-corrected chi connectivity index (χ1v) is 5.83. The van der Waals surface area contributed by atoms with Gasteiger partial charge in [0.15, 0.2) is 6.04 Å². The van der Waals surface area contributed by atoms with Crippen LogP contribution in [0.4, 0.5) is 4.79 Å². The molecular formula is C11H18N4O4. The minimum Gasteiger partial charge on any atom is -0.480 e. The molecule has 8 heteroatoms. The molecule has 8 nitrogen and oxygen atoms in total. The van der Waals surface area contributed by atoms with Gasteiger partial charge in [-0.2, -0.15) is 5.10 Å². The third-order valence-corrected chi connectivity index (χ3v) is 2.49. The highest BCUT2D eigenvalue weighted by molar-refractivity contribution is 5.82. The standard InChI is InChI=1S/C11H18N4O4/c1-7(16)9(10(17)18)14-11(19)12-4-3-8-5-13-15(2)6-8/h5-7,9,16H,3-4H2,1-2H3,(H,17,18)(H2,12,14,19)/t7-,9+/m1/s1. The van der Waals surface area contributed by atoms with Crippen molar-refractivity contribution in [3.8, 4) is 0 Å². The molecule has 1 rings (SSSR count). The molecule has 0 aliphatic heterocycles.